The predicted molar refractivity (Wildman–Crippen MR) is 68.8 cm³/mol. The Morgan fingerprint density at radius 1 is 1.28 bits per heavy atom. The maximum Gasteiger partial charge on any atom is 0.186 e. The van der Waals surface area contributed by atoms with Gasteiger partial charge in [-0.05, 0) is 49.9 Å². The van der Waals surface area contributed by atoms with Crippen LogP contribution in [0, 0.1) is 23.6 Å². The number of hydrogen-bond acceptors (Lipinski definition) is 3. The van der Waals surface area contributed by atoms with Gasteiger partial charge in [-0.2, -0.15) is 0 Å². The first-order valence-corrected chi connectivity index (χ1v) is 7.02. The van der Waals surface area contributed by atoms with Gasteiger partial charge in [0, 0.05) is 6.54 Å². The van der Waals surface area contributed by atoms with Gasteiger partial charge in [0.25, 0.3) is 0 Å². The van der Waals surface area contributed by atoms with Crippen molar-refractivity contribution in [2.75, 3.05) is 11.9 Å². The molecule has 0 atom stereocenters. The van der Waals surface area contributed by atoms with Crippen molar-refractivity contribution < 1.29 is 4.39 Å². The number of aromatic nitrogens is 2. The number of hydrogen-bond donors (Lipinski definition) is 1. The van der Waals surface area contributed by atoms with Crippen LogP contribution in [-0.2, 0) is 6.42 Å². The number of halogens is 1. The lowest BCUT2D eigenvalue weighted by Gasteiger charge is -2.17. The molecule has 3 rings (SSSR count). The van der Waals surface area contributed by atoms with E-state index in [1.807, 2.05) is 6.92 Å². The van der Waals surface area contributed by atoms with Gasteiger partial charge in [0.2, 0.25) is 0 Å². The summed E-state index contributed by atoms with van der Waals surface area (Å²) in [5, 5.41) is 3.20. The maximum absolute atomic E-state index is 14.0. The van der Waals surface area contributed by atoms with Crippen LogP contribution in [0.2, 0.25) is 0 Å². The molecule has 0 spiro atoms. The summed E-state index contributed by atoms with van der Waals surface area (Å²) >= 11 is 0. The van der Waals surface area contributed by atoms with E-state index in [4.69, 9.17) is 0 Å². The normalized spacial score (nSPS) is 19.3. The lowest BCUT2D eigenvalue weighted by molar-refractivity contribution is 0.426. The highest BCUT2D eigenvalue weighted by molar-refractivity contribution is 5.37. The molecule has 2 aliphatic rings. The molecule has 2 aliphatic carbocycles. The zero-order chi connectivity index (χ0) is 12.5. The van der Waals surface area contributed by atoms with Crippen molar-refractivity contribution in [3.63, 3.8) is 0 Å². The zero-order valence-electron chi connectivity index (χ0n) is 10.8. The van der Waals surface area contributed by atoms with Crippen LogP contribution in [0.15, 0.2) is 6.33 Å². The average molecular weight is 249 g/mol. The van der Waals surface area contributed by atoms with Crippen molar-refractivity contribution in [3.8, 4) is 0 Å². The quantitative estimate of drug-likeness (QED) is 0.842. The highest BCUT2D eigenvalue weighted by Crippen LogP contribution is 2.49. The van der Waals surface area contributed by atoms with Crippen molar-refractivity contribution >= 4 is 5.82 Å². The monoisotopic (exact) mass is 249 g/mol. The van der Waals surface area contributed by atoms with Crippen molar-refractivity contribution in [3.05, 3.63) is 17.8 Å². The second-order valence-corrected chi connectivity index (χ2v) is 5.56. The number of rotatable bonds is 6. The lowest BCUT2D eigenvalue weighted by atomic mass is 9.98. The van der Waals surface area contributed by atoms with Gasteiger partial charge in [-0.25, -0.2) is 14.4 Å². The fourth-order valence-corrected chi connectivity index (χ4v) is 2.76. The minimum Gasteiger partial charge on any atom is -0.367 e. The average Bonchev–Trinajstić information content (AvgIpc) is 3.25. The van der Waals surface area contributed by atoms with Gasteiger partial charge in [-0.15, -0.1) is 0 Å². The van der Waals surface area contributed by atoms with E-state index in [-0.39, 0.29) is 5.82 Å². The van der Waals surface area contributed by atoms with Crippen LogP contribution in [0.4, 0.5) is 10.2 Å². The van der Waals surface area contributed by atoms with Crippen LogP contribution in [0.1, 0.15) is 38.3 Å². The van der Waals surface area contributed by atoms with E-state index in [1.165, 1.54) is 32.0 Å². The summed E-state index contributed by atoms with van der Waals surface area (Å²) < 4.78 is 14.0. The fraction of sp³-hybridized carbons (Fsp3) is 0.714. The number of nitrogens with zero attached hydrogens (tertiary/aromatic N) is 2. The molecule has 4 heteroatoms. The first-order chi connectivity index (χ1) is 8.79. The molecule has 2 fully saturated rings. The van der Waals surface area contributed by atoms with Gasteiger partial charge in [0.1, 0.15) is 6.33 Å². The molecule has 2 saturated carbocycles. The summed E-state index contributed by atoms with van der Waals surface area (Å²) in [4.78, 5) is 7.97. The van der Waals surface area contributed by atoms with E-state index in [9.17, 15) is 4.39 Å². The molecule has 18 heavy (non-hydrogen) atoms. The Balaban J connectivity index is 1.65. The van der Waals surface area contributed by atoms with E-state index >= 15 is 0 Å². The van der Waals surface area contributed by atoms with E-state index in [2.05, 4.69) is 15.3 Å². The minimum atomic E-state index is -0.273. The van der Waals surface area contributed by atoms with Gasteiger partial charge in [0.15, 0.2) is 11.6 Å². The van der Waals surface area contributed by atoms with Crippen LogP contribution < -0.4 is 5.32 Å². The molecular formula is C14H20FN3. The molecule has 98 valence electrons. The van der Waals surface area contributed by atoms with Crippen molar-refractivity contribution in [2.24, 2.45) is 17.8 Å². The minimum absolute atomic E-state index is 0.273. The molecule has 1 aromatic heterocycles. The van der Waals surface area contributed by atoms with Crippen molar-refractivity contribution in [2.45, 2.75) is 39.0 Å². The van der Waals surface area contributed by atoms with Gasteiger partial charge >= 0.3 is 0 Å². The Bertz CT molecular complexity index is 415. The second kappa shape index (κ2) is 4.82. The third-order valence-electron chi connectivity index (χ3n) is 4.16. The number of anilines is 1. The SMILES string of the molecule is CCc1ncnc(NCC(C2CC2)C2CC2)c1F. The van der Waals surface area contributed by atoms with Crippen molar-refractivity contribution in [1.82, 2.24) is 9.97 Å². The summed E-state index contributed by atoms with van der Waals surface area (Å²) in [6.45, 7) is 2.78. The van der Waals surface area contributed by atoms with Gasteiger partial charge in [-0.1, -0.05) is 6.92 Å². The molecule has 0 bridgehead atoms. The molecule has 1 N–H and O–H groups in total. The number of aryl methyl sites for hydroxylation is 1. The topological polar surface area (TPSA) is 37.8 Å². The first-order valence-electron chi connectivity index (χ1n) is 7.02. The molecule has 0 radical (unpaired) electrons. The predicted octanol–water partition coefficient (Wildman–Crippen LogP) is 3.03. The molecule has 0 saturated heterocycles. The molecular weight excluding hydrogens is 229 g/mol. The Kier molecular flexibility index (Phi) is 3.18. The third kappa shape index (κ3) is 2.47. The van der Waals surface area contributed by atoms with Gasteiger partial charge < -0.3 is 5.32 Å². The van der Waals surface area contributed by atoms with E-state index in [0.29, 0.717) is 17.9 Å². The summed E-state index contributed by atoms with van der Waals surface area (Å²) in [6, 6.07) is 0. The molecule has 0 aromatic carbocycles. The van der Waals surface area contributed by atoms with Crippen LogP contribution in [0.3, 0.4) is 0 Å². The Hall–Kier alpha value is -1.19. The molecule has 0 aliphatic heterocycles. The highest BCUT2D eigenvalue weighted by Gasteiger charge is 2.41. The molecule has 1 aromatic rings. The second-order valence-electron chi connectivity index (χ2n) is 5.56. The number of nitrogens with one attached hydrogen (secondary N) is 1. The van der Waals surface area contributed by atoms with Crippen LogP contribution in [0.25, 0.3) is 0 Å². The molecule has 0 unspecified atom stereocenters. The Labute approximate surface area is 107 Å². The van der Waals surface area contributed by atoms with Gasteiger partial charge in [-0.3, -0.25) is 0 Å². The summed E-state index contributed by atoms with van der Waals surface area (Å²) in [5.41, 5.74) is 0.502. The largest absolute Gasteiger partial charge is 0.367 e. The summed E-state index contributed by atoms with van der Waals surface area (Å²) in [5.74, 6) is 2.59. The molecule has 3 nitrogen and oxygen atoms in total. The van der Waals surface area contributed by atoms with E-state index in [1.54, 1.807) is 0 Å². The fourth-order valence-electron chi connectivity index (χ4n) is 2.76. The highest BCUT2D eigenvalue weighted by atomic mass is 19.1. The molecule has 1 heterocycles. The van der Waals surface area contributed by atoms with Crippen LogP contribution >= 0.6 is 0 Å². The zero-order valence-corrected chi connectivity index (χ0v) is 10.8. The van der Waals surface area contributed by atoms with E-state index < -0.39 is 0 Å². The van der Waals surface area contributed by atoms with E-state index in [0.717, 1.165) is 24.3 Å². The summed E-state index contributed by atoms with van der Waals surface area (Å²) in [7, 11) is 0. The van der Waals surface area contributed by atoms with Crippen LogP contribution in [-0.4, -0.2) is 16.5 Å². The smallest absolute Gasteiger partial charge is 0.186 e. The van der Waals surface area contributed by atoms with Crippen LogP contribution in [0.5, 0.6) is 0 Å². The molecule has 0 amide bonds. The Morgan fingerprint density at radius 3 is 2.50 bits per heavy atom. The van der Waals surface area contributed by atoms with Crippen molar-refractivity contribution in [1.29, 1.82) is 0 Å². The van der Waals surface area contributed by atoms with Gasteiger partial charge in [0.05, 0.1) is 5.69 Å². The standard InChI is InChI=1S/C14H20FN3/c1-2-12-13(15)14(18-8-17-12)16-7-11(9-3-4-9)10-5-6-10/h8-11H,2-7H2,1H3,(H,16,17,18). The third-order valence-corrected chi connectivity index (χ3v) is 4.16. The summed E-state index contributed by atoms with van der Waals surface area (Å²) in [6.07, 6.45) is 7.49. The lowest BCUT2D eigenvalue weighted by Crippen LogP contribution is -2.20. The first kappa shape index (κ1) is 11.9. The Morgan fingerprint density at radius 2 is 1.94 bits per heavy atom. The maximum atomic E-state index is 14.0.